The summed E-state index contributed by atoms with van der Waals surface area (Å²) in [6.07, 6.45) is 2.10. The Morgan fingerprint density at radius 3 is 2.60 bits per heavy atom. The van der Waals surface area contributed by atoms with E-state index in [-0.39, 0.29) is 18.2 Å². The summed E-state index contributed by atoms with van der Waals surface area (Å²) in [6, 6.07) is 6.30. The van der Waals surface area contributed by atoms with E-state index < -0.39 is 18.1 Å². The monoisotopic (exact) mass is 382 g/mol. The van der Waals surface area contributed by atoms with E-state index in [1.54, 1.807) is 23.6 Å². The highest BCUT2D eigenvalue weighted by Gasteiger charge is 2.35. The Balaban J connectivity index is 2.14. The molecule has 0 saturated carbocycles. The van der Waals surface area contributed by atoms with Crippen molar-refractivity contribution in [1.82, 2.24) is 10.2 Å². The van der Waals surface area contributed by atoms with E-state index in [2.05, 4.69) is 5.32 Å². The van der Waals surface area contributed by atoms with Crippen LogP contribution in [0.2, 0.25) is 0 Å². The summed E-state index contributed by atoms with van der Waals surface area (Å²) < 4.78 is 0. The number of nitrogens with one attached hydrogen (secondary N) is 1. The molecular weight excluding hydrogens is 360 g/mol. The molecule has 6 nitrogen and oxygen atoms in total. The molecule has 1 aliphatic rings. The van der Waals surface area contributed by atoms with Crippen molar-refractivity contribution in [3.8, 4) is 0 Å². The third-order valence-electron chi connectivity index (χ3n) is 4.02. The fourth-order valence-electron chi connectivity index (χ4n) is 2.64. The first-order valence-electron chi connectivity index (χ1n) is 7.99. The maximum atomic E-state index is 12.6. The molecule has 136 valence electrons. The zero-order valence-electron chi connectivity index (χ0n) is 14.2. The smallest absolute Gasteiger partial charge is 0.305 e. The van der Waals surface area contributed by atoms with Gasteiger partial charge >= 0.3 is 5.97 Å². The van der Waals surface area contributed by atoms with Crippen LogP contribution in [0.15, 0.2) is 29.2 Å². The molecule has 1 heterocycles. The molecule has 2 amide bonds. The molecule has 1 saturated heterocycles. The molecule has 2 rings (SSSR count). The molecule has 0 aliphatic carbocycles. The van der Waals surface area contributed by atoms with Gasteiger partial charge in [-0.25, -0.2) is 0 Å². The van der Waals surface area contributed by atoms with Crippen LogP contribution in [0.25, 0.3) is 0 Å². The van der Waals surface area contributed by atoms with Crippen LogP contribution in [0, 0.1) is 0 Å². The molecule has 2 unspecified atom stereocenters. The number of thioether (sulfide) groups is 2. The predicted octanol–water partition coefficient (Wildman–Crippen LogP) is 2.35. The normalized spacial score (nSPS) is 18.0. The van der Waals surface area contributed by atoms with E-state index in [1.165, 1.54) is 11.8 Å². The largest absolute Gasteiger partial charge is 0.481 e. The van der Waals surface area contributed by atoms with Crippen LogP contribution >= 0.6 is 23.5 Å². The van der Waals surface area contributed by atoms with Crippen molar-refractivity contribution in [1.29, 1.82) is 0 Å². The minimum atomic E-state index is -0.985. The molecule has 25 heavy (non-hydrogen) atoms. The number of aliphatic carboxylic acids is 1. The van der Waals surface area contributed by atoms with Crippen molar-refractivity contribution < 1.29 is 19.5 Å². The Labute approximate surface area is 155 Å². The summed E-state index contributed by atoms with van der Waals surface area (Å²) in [6.45, 7) is 1.76. The molecule has 0 bridgehead atoms. The van der Waals surface area contributed by atoms with E-state index >= 15 is 0 Å². The first-order valence-corrected chi connectivity index (χ1v) is 10.4. The van der Waals surface area contributed by atoms with Crippen molar-refractivity contribution in [3.63, 3.8) is 0 Å². The average molecular weight is 383 g/mol. The van der Waals surface area contributed by atoms with Gasteiger partial charge in [0.15, 0.2) is 0 Å². The molecule has 1 aliphatic heterocycles. The lowest BCUT2D eigenvalue weighted by molar-refractivity contribution is -0.140. The lowest BCUT2D eigenvalue weighted by atomic mass is 10.0. The highest BCUT2D eigenvalue weighted by molar-refractivity contribution is 7.99. The predicted molar refractivity (Wildman–Crippen MR) is 99.6 cm³/mol. The fraction of sp³-hybridized carbons (Fsp3) is 0.471. The molecule has 1 aromatic carbocycles. The minimum absolute atomic E-state index is 0.0655. The van der Waals surface area contributed by atoms with Crippen molar-refractivity contribution >= 4 is 41.3 Å². The van der Waals surface area contributed by atoms with E-state index in [0.717, 1.165) is 10.5 Å². The third-order valence-corrected chi connectivity index (χ3v) is 5.78. The number of carbonyl (C=O) groups excluding carboxylic acids is 2. The third kappa shape index (κ3) is 5.15. The molecule has 2 atom stereocenters. The van der Waals surface area contributed by atoms with Gasteiger partial charge in [0.2, 0.25) is 11.8 Å². The van der Waals surface area contributed by atoms with Gasteiger partial charge in [-0.3, -0.25) is 14.4 Å². The molecular formula is C17H22N2O4S2. The Morgan fingerprint density at radius 1 is 1.36 bits per heavy atom. The van der Waals surface area contributed by atoms with Crippen LogP contribution < -0.4 is 5.32 Å². The Hall–Kier alpha value is -1.67. The van der Waals surface area contributed by atoms with Crippen molar-refractivity contribution in [2.75, 3.05) is 17.9 Å². The van der Waals surface area contributed by atoms with Gasteiger partial charge in [0.25, 0.3) is 0 Å². The highest BCUT2D eigenvalue weighted by Crippen LogP contribution is 2.25. The van der Waals surface area contributed by atoms with E-state index in [0.29, 0.717) is 18.1 Å². The second-order valence-electron chi connectivity index (χ2n) is 5.66. The summed E-state index contributed by atoms with van der Waals surface area (Å²) in [7, 11) is 0. The zero-order valence-corrected chi connectivity index (χ0v) is 15.9. The molecule has 0 aromatic heterocycles. The van der Waals surface area contributed by atoms with Gasteiger partial charge in [0, 0.05) is 17.1 Å². The second kappa shape index (κ2) is 9.15. The van der Waals surface area contributed by atoms with Gasteiger partial charge in [-0.15, -0.1) is 23.5 Å². The van der Waals surface area contributed by atoms with Gasteiger partial charge in [0.1, 0.15) is 6.04 Å². The quantitative estimate of drug-likeness (QED) is 0.704. The molecule has 0 radical (unpaired) electrons. The number of hydrogen-bond acceptors (Lipinski definition) is 5. The summed E-state index contributed by atoms with van der Waals surface area (Å²) in [5, 5.41) is 12.0. The maximum absolute atomic E-state index is 12.6. The summed E-state index contributed by atoms with van der Waals surface area (Å²) >= 11 is 3.12. The van der Waals surface area contributed by atoms with Crippen molar-refractivity contribution in [2.45, 2.75) is 36.7 Å². The molecule has 1 fully saturated rings. The lowest BCUT2D eigenvalue weighted by Crippen LogP contribution is -2.48. The van der Waals surface area contributed by atoms with Crippen LogP contribution in [0.5, 0.6) is 0 Å². The van der Waals surface area contributed by atoms with Crippen LogP contribution in [-0.2, 0) is 14.4 Å². The molecule has 0 spiro atoms. The number of rotatable bonds is 7. The van der Waals surface area contributed by atoms with Crippen LogP contribution in [0.4, 0.5) is 0 Å². The fourth-order valence-corrected chi connectivity index (χ4v) is 4.23. The van der Waals surface area contributed by atoms with Crippen LogP contribution in [0.1, 0.15) is 31.4 Å². The van der Waals surface area contributed by atoms with Crippen LogP contribution in [-0.4, -0.2) is 51.7 Å². The first-order chi connectivity index (χ1) is 12.0. The van der Waals surface area contributed by atoms with E-state index in [9.17, 15) is 19.5 Å². The number of hydrogen-bond donors (Lipinski definition) is 2. The number of carboxylic acids is 1. The van der Waals surface area contributed by atoms with Gasteiger partial charge in [-0.1, -0.05) is 19.1 Å². The SMILES string of the molecule is CCC(=O)N1CSCC1C(=O)NC(CC(=O)O)c1ccc(SC)cc1. The highest BCUT2D eigenvalue weighted by atomic mass is 32.2. The molecule has 2 N–H and O–H groups in total. The zero-order chi connectivity index (χ0) is 18.4. The van der Waals surface area contributed by atoms with Gasteiger partial charge < -0.3 is 15.3 Å². The lowest BCUT2D eigenvalue weighted by Gasteiger charge is -2.25. The van der Waals surface area contributed by atoms with E-state index in [1.807, 2.05) is 30.5 Å². The average Bonchev–Trinajstić information content (AvgIpc) is 3.10. The Morgan fingerprint density at radius 2 is 2.04 bits per heavy atom. The van der Waals surface area contributed by atoms with Gasteiger partial charge in [0.05, 0.1) is 18.3 Å². The standard InChI is InChI=1S/C17H22N2O4S2/c1-3-15(20)19-10-25-9-14(19)17(23)18-13(8-16(21)22)11-4-6-12(24-2)7-5-11/h4-7,13-14H,3,8-10H2,1-2H3,(H,18,23)(H,21,22). The van der Waals surface area contributed by atoms with Crippen molar-refractivity contribution in [2.24, 2.45) is 0 Å². The number of benzene rings is 1. The topological polar surface area (TPSA) is 86.7 Å². The molecule has 8 heteroatoms. The Bertz CT molecular complexity index is 636. The van der Waals surface area contributed by atoms with Gasteiger partial charge in [-0.05, 0) is 24.0 Å². The van der Waals surface area contributed by atoms with Crippen LogP contribution in [0.3, 0.4) is 0 Å². The van der Waals surface area contributed by atoms with Gasteiger partial charge in [-0.2, -0.15) is 0 Å². The number of nitrogens with zero attached hydrogens (tertiary/aromatic N) is 1. The summed E-state index contributed by atoms with van der Waals surface area (Å²) in [5.41, 5.74) is 0.743. The summed E-state index contributed by atoms with van der Waals surface area (Å²) in [5.74, 6) is -0.322. The first kappa shape index (κ1) is 19.7. The number of carbonyl (C=O) groups is 3. The number of carboxylic acid groups (broad SMARTS) is 1. The minimum Gasteiger partial charge on any atom is -0.481 e. The van der Waals surface area contributed by atoms with E-state index in [4.69, 9.17) is 0 Å². The maximum Gasteiger partial charge on any atom is 0.305 e. The van der Waals surface area contributed by atoms with Crippen molar-refractivity contribution in [3.05, 3.63) is 29.8 Å². The summed E-state index contributed by atoms with van der Waals surface area (Å²) in [4.78, 5) is 38.5. The molecule has 1 aromatic rings. The number of amides is 2. The second-order valence-corrected chi connectivity index (χ2v) is 7.54. The Kier molecular flexibility index (Phi) is 7.19.